The molecule has 3 aromatic rings. The van der Waals surface area contributed by atoms with Crippen LogP contribution in [-0.2, 0) is 11.2 Å². The average molecular weight is 505 g/mol. The Balaban J connectivity index is 1.76. The van der Waals surface area contributed by atoms with Crippen LogP contribution in [-0.4, -0.2) is 58.8 Å². The van der Waals surface area contributed by atoms with Gasteiger partial charge < -0.3 is 15.0 Å². The number of carbonyl (C=O) groups is 2. The van der Waals surface area contributed by atoms with Crippen molar-refractivity contribution in [1.82, 2.24) is 20.0 Å². The van der Waals surface area contributed by atoms with Gasteiger partial charge in [-0.2, -0.15) is 5.10 Å². The van der Waals surface area contributed by atoms with Crippen LogP contribution < -0.4 is 5.32 Å². The molecule has 0 unspecified atom stereocenters. The van der Waals surface area contributed by atoms with E-state index < -0.39 is 5.97 Å². The maximum Gasteiger partial charge on any atom is 0.358 e. The monoisotopic (exact) mass is 504 g/mol. The first kappa shape index (κ1) is 28.1. The van der Waals surface area contributed by atoms with Gasteiger partial charge in [0.15, 0.2) is 5.69 Å². The molecular weight excluding hydrogens is 464 g/mol. The number of nitrogens with zero attached hydrogens (tertiary/aromatic N) is 3. The normalized spacial score (nSPS) is 11.9. The minimum absolute atomic E-state index is 0.0926. The van der Waals surface area contributed by atoms with Gasteiger partial charge in [0.1, 0.15) is 0 Å². The van der Waals surface area contributed by atoms with Crippen molar-refractivity contribution in [3.8, 4) is 16.9 Å². The number of esters is 1. The Morgan fingerprint density at radius 1 is 1.00 bits per heavy atom. The van der Waals surface area contributed by atoms with Crippen LogP contribution in [0.25, 0.3) is 16.9 Å². The molecule has 0 saturated carbocycles. The van der Waals surface area contributed by atoms with Crippen molar-refractivity contribution in [2.45, 2.75) is 59.9 Å². The fourth-order valence-corrected chi connectivity index (χ4v) is 4.29. The Hall–Kier alpha value is -3.45. The zero-order valence-corrected chi connectivity index (χ0v) is 22.8. The van der Waals surface area contributed by atoms with E-state index in [0.29, 0.717) is 5.56 Å². The molecule has 1 atom stereocenters. The predicted octanol–water partition coefficient (Wildman–Crippen LogP) is 5.52. The lowest BCUT2D eigenvalue weighted by atomic mass is 10.1. The van der Waals surface area contributed by atoms with Crippen LogP contribution in [0.5, 0.6) is 0 Å². The van der Waals surface area contributed by atoms with Crippen molar-refractivity contribution in [3.05, 3.63) is 71.4 Å². The highest BCUT2D eigenvalue weighted by Crippen LogP contribution is 2.25. The van der Waals surface area contributed by atoms with Gasteiger partial charge >= 0.3 is 5.97 Å². The van der Waals surface area contributed by atoms with Gasteiger partial charge in [0.25, 0.3) is 5.91 Å². The van der Waals surface area contributed by atoms with Gasteiger partial charge in [0.05, 0.1) is 18.0 Å². The lowest BCUT2D eigenvalue weighted by Crippen LogP contribution is -2.33. The largest absolute Gasteiger partial charge is 0.461 e. The highest BCUT2D eigenvalue weighted by Gasteiger charge is 2.18. The number of ether oxygens (including phenoxy) is 1. The maximum absolute atomic E-state index is 12.8. The van der Waals surface area contributed by atoms with Crippen molar-refractivity contribution >= 4 is 11.9 Å². The van der Waals surface area contributed by atoms with Gasteiger partial charge in [-0.25, -0.2) is 9.48 Å². The summed E-state index contributed by atoms with van der Waals surface area (Å²) >= 11 is 0. The maximum atomic E-state index is 12.8. The Kier molecular flexibility index (Phi) is 10.4. The average Bonchev–Trinajstić information content (AvgIpc) is 3.37. The molecule has 0 saturated heterocycles. The molecule has 7 heteroatoms. The third-order valence-corrected chi connectivity index (χ3v) is 6.61. The first-order valence-corrected chi connectivity index (χ1v) is 13.4. The summed E-state index contributed by atoms with van der Waals surface area (Å²) in [5, 5.41) is 7.65. The van der Waals surface area contributed by atoms with Gasteiger partial charge in [0.2, 0.25) is 0 Å². The highest BCUT2D eigenvalue weighted by atomic mass is 16.5. The molecule has 2 aromatic carbocycles. The van der Waals surface area contributed by atoms with Gasteiger partial charge in [-0.15, -0.1) is 0 Å². The number of benzene rings is 2. The fourth-order valence-electron chi connectivity index (χ4n) is 4.29. The first-order chi connectivity index (χ1) is 17.9. The Bertz CT molecular complexity index is 1150. The third-order valence-electron chi connectivity index (χ3n) is 6.61. The summed E-state index contributed by atoms with van der Waals surface area (Å²) in [5.41, 5.74) is 4.56. The molecule has 0 aliphatic rings. The van der Waals surface area contributed by atoms with E-state index in [-0.39, 0.29) is 24.2 Å². The zero-order chi connectivity index (χ0) is 26.8. The quantitative estimate of drug-likeness (QED) is 0.310. The Morgan fingerprint density at radius 2 is 1.68 bits per heavy atom. The van der Waals surface area contributed by atoms with Crippen LogP contribution in [0.2, 0.25) is 0 Å². The van der Waals surface area contributed by atoms with Crippen LogP contribution >= 0.6 is 0 Å². The molecule has 7 nitrogen and oxygen atoms in total. The number of nitrogens with one attached hydrogen (secondary N) is 1. The molecule has 1 amide bonds. The number of carbonyl (C=O) groups excluding carboxylic acids is 2. The second-order valence-electron chi connectivity index (χ2n) is 9.19. The van der Waals surface area contributed by atoms with E-state index in [2.05, 4.69) is 48.2 Å². The minimum atomic E-state index is -0.460. The van der Waals surface area contributed by atoms with Crippen molar-refractivity contribution in [2.24, 2.45) is 0 Å². The number of aromatic nitrogens is 2. The van der Waals surface area contributed by atoms with E-state index in [1.165, 1.54) is 5.56 Å². The van der Waals surface area contributed by atoms with Crippen molar-refractivity contribution in [2.75, 3.05) is 26.2 Å². The third kappa shape index (κ3) is 7.52. The highest BCUT2D eigenvalue weighted by molar-refractivity contribution is 5.94. The van der Waals surface area contributed by atoms with E-state index >= 15 is 0 Å². The SMILES string of the molecule is CCOC(=O)c1cc(-c2ccc(CC)cc2)n(-c2ccc(C(=O)N[C@@H](C)CCCN(CC)CC)cc2)n1. The fraction of sp³-hybridized carbons (Fsp3) is 0.433. The molecule has 1 heterocycles. The van der Waals surface area contributed by atoms with Gasteiger partial charge in [-0.05, 0) is 88.6 Å². The first-order valence-electron chi connectivity index (χ1n) is 13.4. The van der Waals surface area contributed by atoms with E-state index in [0.717, 1.165) is 55.8 Å². The molecule has 37 heavy (non-hydrogen) atoms. The van der Waals surface area contributed by atoms with Gasteiger partial charge in [-0.3, -0.25) is 4.79 Å². The molecule has 0 fully saturated rings. The molecule has 1 N–H and O–H groups in total. The van der Waals surface area contributed by atoms with Crippen LogP contribution in [0.4, 0.5) is 0 Å². The topological polar surface area (TPSA) is 76.5 Å². The molecule has 0 radical (unpaired) electrons. The standard InChI is InChI=1S/C30H40N4O3/c1-6-23-12-14-24(15-13-23)28-21-27(30(36)37-9-4)32-34(28)26-18-16-25(17-19-26)29(35)31-22(5)11-10-20-33(7-2)8-3/h12-19,21-22H,6-11,20H2,1-5H3,(H,31,35)/t22-/m0/s1. The molecule has 198 valence electrons. The summed E-state index contributed by atoms with van der Waals surface area (Å²) in [5.74, 6) is -0.552. The summed E-state index contributed by atoms with van der Waals surface area (Å²) in [6.07, 6.45) is 2.93. The summed E-state index contributed by atoms with van der Waals surface area (Å²) in [6.45, 7) is 13.7. The number of hydrogen-bond acceptors (Lipinski definition) is 5. The zero-order valence-electron chi connectivity index (χ0n) is 22.8. The van der Waals surface area contributed by atoms with E-state index in [9.17, 15) is 9.59 Å². The van der Waals surface area contributed by atoms with Crippen LogP contribution in [0.15, 0.2) is 54.6 Å². The van der Waals surface area contributed by atoms with Crippen molar-refractivity contribution in [1.29, 1.82) is 0 Å². The van der Waals surface area contributed by atoms with Gasteiger partial charge in [0, 0.05) is 17.2 Å². The second-order valence-corrected chi connectivity index (χ2v) is 9.19. The molecule has 1 aromatic heterocycles. The predicted molar refractivity (Wildman–Crippen MR) is 148 cm³/mol. The van der Waals surface area contributed by atoms with Crippen LogP contribution in [0.1, 0.15) is 73.9 Å². The molecular formula is C30H40N4O3. The number of aryl methyl sites for hydroxylation is 1. The molecule has 0 spiro atoms. The number of amides is 1. The number of rotatable bonds is 13. The minimum Gasteiger partial charge on any atom is -0.461 e. The lowest BCUT2D eigenvalue weighted by molar-refractivity contribution is 0.0518. The Morgan fingerprint density at radius 3 is 2.27 bits per heavy atom. The lowest BCUT2D eigenvalue weighted by Gasteiger charge is -2.19. The summed E-state index contributed by atoms with van der Waals surface area (Å²) < 4.78 is 6.90. The van der Waals surface area contributed by atoms with Crippen LogP contribution in [0, 0.1) is 0 Å². The van der Waals surface area contributed by atoms with E-state index in [1.807, 2.05) is 31.2 Å². The van der Waals surface area contributed by atoms with Crippen molar-refractivity contribution < 1.29 is 14.3 Å². The number of hydrogen-bond donors (Lipinski definition) is 1. The molecule has 0 aliphatic carbocycles. The van der Waals surface area contributed by atoms with Gasteiger partial charge in [-0.1, -0.05) is 45.0 Å². The summed E-state index contributed by atoms with van der Waals surface area (Å²) in [7, 11) is 0. The molecule has 3 rings (SSSR count). The Labute approximate surface area is 220 Å². The second kappa shape index (κ2) is 13.7. The summed E-state index contributed by atoms with van der Waals surface area (Å²) in [6, 6.07) is 17.4. The molecule has 0 aliphatic heterocycles. The van der Waals surface area contributed by atoms with E-state index in [4.69, 9.17) is 4.74 Å². The van der Waals surface area contributed by atoms with E-state index in [1.54, 1.807) is 29.8 Å². The van der Waals surface area contributed by atoms with Crippen molar-refractivity contribution in [3.63, 3.8) is 0 Å². The molecule has 0 bridgehead atoms. The smallest absolute Gasteiger partial charge is 0.358 e. The van der Waals surface area contributed by atoms with Crippen LogP contribution in [0.3, 0.4) is 0 Å². The summed E-state index contributed by atoms with van der Waals surface area (Å²) in [4.78, 5) is 27.6.